The number of sulfonamides is 1. The van der Waals surface area contributed by atoms with Crippen LogP contribution in [0.2, 0.25) is 0 Å². The van der Waals surface area contributed by atoms with Crippen LogP contribution in [-0.4, -0.2) is 38.4 Å². The summed E-state index contributed by atoms with van der Waals surface area (Å²) in [6.45, 7) is 3.04. The molecule has 0 bridgehead atoms. The number of halogens is 1. The van der Waals surface area contributed by atoms with E-state index in [0.29, 0.717) is 31.5 Å². The minimum Gasteiger partial charge on any atom is -0.339 e. The maximum atomic E-state index is 12.6. The van der Waals surface area contributed by atoms with Crippen LogP contribution in [0.1, 0.15) is 28.8 Å². The first kappa shape index (κ1) is 19.1. The van der Waals surface area contributed by atoms with E-state index in [9.17, 15) is 13.2 Å². The molecule has 1 N–H and O–H groups in total. The topological polar surface area (TPSA) is 66.5 Å². The van der Waals surface area contributed by atoms with Crippen molar-refractivity contribution in [1.82, 2.24) is 9.62 Å². The van der Waals surface area contributed by atoms with E-state index in [1.165, 1.54) is 0 Å². The molecule has 0 radical (unpaired) electrons. The van der Waals surface area contributed by atoms with Gasteiger partial charge in [0.05, 0.1) is 4.90 Å². The standard InChI is InChI=1S/C19H21BrN2O3S/c1-14-3-2-4-15(13-14)19(23)22-11-9-17(10-12-22)21-26(24,25)18-7-5-16(20)6-8-18/h2-8,13,17,21H,9-12H2,1H3. The predicted molar refractivity (Wildman–Crippen MR) is 105 cm³/mol. The molecule has 1 saturated heterocycles. The van der Waals surface area contributed by atoms with Crippen molar-refractivity contribution in [3.8, 4) is 0 Å². The number of aryl methyl sites for hydroxylation is 1. The van der Waals surface area contributed by atoms with Crippen LogP contribution in [0.4, 0.5) is 0 Å². The highest BCUT2D eigenvalue weighted by molar-refractivity contribution is 9.10. The van der Waals surface area contributed by atoms with Crippen molar-refractivity contribution < 1.29 is 13.2 Å². The maximum absolute atomic E-state index is 12.6. The summed E-state index contributed by atoms with van der Waals surface area (Å²) in [6, 6.07) is 13.9. The van der Waals surface area contributed by atoms with Gasteiger partial charge in [-0.3, -0.25) is 4.79 Å². The Bertz CT molecular complexity index is 889. The van der Waals surface area contributed by atoms with Gasteiger partial charge in [-0.25, -0.2) is 13.1 Å². The van der Waals surface area contributed by atoms with Crippen LogP contribution < -0.4 is 4.72 Å². The van der Waals surface area contributed by atoms with Crippen LogP contribution in [-0.2, 0) is 10.0 Å². The lowest BCUT2D eigenvalue weighted by Crippen LogP contribution is -2.46. The fraction of sp³-hybridized carbons (Fsp3) is 0.316. The molecule has 2 aromatic carbocycles. The number of hydrogen-bond donors (Lipinski definition) is 1. The molecule has 1 fully saturated rings. The zero-order valence-electron chi connectivity index (χ0n) is 14.5. The minimum atomic E-state index is -3.55. The van der Waals surface area contributed by atoms with E-state index in [-0.39, 0.29) is 16.8 Å². The highest BCUT2D eigenvalue weighted by atomic mass is 79.9. The lowest BCUT2D eigenvalue weighted by atomic mass is 10.0. The molecule has 5 nitrogen and oxygen atoms in total. The highest BCUT2D eigenvalue weighted by Crippen LogP contribution is 2.19. The third-order valence-electron chi connectivity index (χ3n) is 4.49. The smallest absolute Gasteiger partial charge is 0.253 e. The van der Waals surface area contributed by atoms with Gasteiger partial charge >= 0.3 is 0 Å². The molecule has 0 spiro atoms. The molecule has 1 amide bonds. The number of amides is 1. The average Bonchev–Trinajstić information content (AvgIpc) is 2.62. The van der Waals surface area contributed by atoms with E-state index in [1.807, 2.05) is 31.2 Å². The Labute approximate surface area is 162 Å². The quantitative estimate of drug-likeness (QED) is 0.798. The lowest BCUT2D eigenvalue weighted by molar-refractivity contribution is 0.0711. The Morgan fingerprint density at radius 2 is 1.77 bits per heavy atom. The average molecular weight is 437 g/mol. The van der Waals surface area contributed by atoms with Crippen molar-refractivity contribution in [1.29, 1.82) is 0 Å². The summed E-state index contributed by atoms with van der Waals surface area (Å²) in [6.07, 6.45) is 1.21. The molecule has 2 aromatic rings. The van der Waals surface area contributed by atoms with Gasteiger partial charge in [-0.2, -0.15) is 0 Å². The number of carbonyl (C=O) groups excluding carboxylic acids is 1. The largest absolute Gasteiger partial charge is 0.339 e. The summed E-state index contributed by atoms with van der Waals surface area (Å²) in [5.41, 5.74) is 1.73. The van der Waals surface area contributed by atoms with E-state index in [1.54, 1.807) is 29.2 Å². The van der Waals surface area contributed by atoms with Gasteiger partial charge in [-0.15, -0.1) is 0 Å². The first-order valence-corrected chi connectivity index (χ1v) is 10.8. The molecule has 1 aliphatic heterocycles. The summed E-state index contributed by atoms with van der Waals surface area (Å²) in [7, 11) is -3.55. The Morgan fingerprint density at radius 1 is 1.12 bits per heavy atom. The van der Waals surface area contributed by atoms with E-state index < -0.39 is 10.0 Å². The van der Waals surface area contributed by atoms with Crippen LogP contribution in [0.25, 0.3) is 0 Å². The molecule has 0 atom stereocenters. The molecular formula is C19H21BrN2O3S. The summed E-state index contributed by atoms with van der Waals surface area (Å²) in [5.74, 6) is 0.00270. The Hall–Kier alpha value is -1.70. The Balaban J connectivity index is 1.60. The maximum Gasteiger partial charge on any atom is 0.253 e. The molecule has 1 aliphatic rings. The highest BCUT2D eigenvalue weighted by Gasteiger charge is 2.27. The second-order valence-electron chi connectivity index (χ2n) is 6.51. The zero-order valence-corrected chi connectivity index (χ0v) is 16.9. The van der Waals surface area contributed by atoms with Gasteiger partial charge in [0, 0.05) is 29.2 Å². The number of carbonyl (C=O) groups is 1. The molecular weight excluding hydrogens is 416 g/mol. The number of benzene rings is 2. The van der Waals surface area contributed by atoms with Gasteiger partial charge in [0.2, 0.25) is 10.0 Å². The van der Waals surface area contributed by atoms with Gasteiger partial charge in [-0.05, 0) is 56.2 Å². The van der Waals surface area contributed by atoms with Gasteiger partial charge in [0.1, 0.15) is 0 Å². The first-order chi connectivity index (χ1) is 12.3. The third kappa shape index (κ3) is 4.52. The van der Waals surface area contributed by atoms with Crippen molar-refractivity contribution in [2.24, 2.45) is 0 Å². The van der Waals surface area contributed by atoms with Crippen molar-refractivity contribution in [2.45, 2.75) is 30.7 Å². The van der Waals surface area contributed by atoms with Crippen molar-refractivity contribution in [3.05, 3.63) is 64.1 Å². The van der Waals surface area contributed by atoms with Gasteiger partial charge in [-0.1, -0.05) is 33.6 Å². The molecule has 1 heterocycles. The van der Waals surface area contributed by atoms with Crippen molar-refractivity contribution in [2.75, 3.05) is 13.1 Å². The molecule has 0 unspecified atom stereocenters. The molecule has 26 heavy (non-hydrogen) atoms. The second kappa shape index (κ2) is 7.90. The summed E-state index contributed by atoms with van der Waals surface area (Å²) < 4.78 is 28.5. The molecule has 138 valence electrons. The fourth-order valence-corrected chi connectivity index (χ4v) is 4.63. The fourth-order valence-electron chi connectivity index (χ4n) is 3.06. The molecule has 0 aromatic heterocycles. The minimum absolute atomic E-state index is 0.00270. The number of piperidine rings is 1. The normalized spacial score (nSPS) is 15.8. The zero-order chi connectivity index (χ0) is 18.7. The second-order valence-corrected chi connectivity index (χ2v) is 9.14. The van der Waals surface area contributed by atoms with Crippen molar-refractivity contribution >= 4 is 31.9 Å². The van der Waals surface area contributed by atoms with E-state index >= 15 is 0 Å². The summed E-state index contributed by atoms with van der Waals surface area (Å²) in [5, 5.41) is 0. The summed E-state index contributed by atoms with van der Waals surface area (Å²) >= 11 is 3.30. The predicted octanol–water partition coefficient (Wildman–Crippen LogP) is 3.34. The molecule has 0 aliphatic carbocycles. The lowest BCUT2D eigenvalue weighted by Gasteiger charge is -2.32. The van der Waals surface area contributed by atoms with Crippen LogP contribution >= 0.6 is 15.9 Å². The first-order valence-electron chi connectivity index (χ1n) is 8.49. The number of likely N-dealkylation sites (tertiary alicyclic amines) is 1. The van der Waals surface area contributed by atoms with Gasteiger partial charge in [0.25, 0.3) is 5.91 Å². The monoisotopic (exact) mass is 436 g/mol. The number of nitrogens with zero attached hydrogens (tertiary/aromatic N) is 1. The van der Waals surface area contributed by atoms with E-state index in [0.717, 1.165) is 10.0 Å². The molecule has 0 saturated carbocycles. The van der Waals surface area contributed by atoms with E-state index in [2.05, 4.69) is 20.7 Å². The SMILES string of the molecule is Cc1cccc(C(=O)N2CCC(NS(=O)(=O)c3ccc(Br)cc3)CC2)c1. The Morgan fingerprint density at radius 3 is 2.38 bits per heavy atom. The molecule has 3 rings (SSSR count). The van der Waals surface area contributed by atoms with Gasteiger partial charge < -0.3 is 4.90 Å². The van der Waals surface area contributed by atoms with Crippen LogP contribution in [0, 0.1) is 6.92 Å². The number of hydrogen-bond acceptors (Lipinski definition) is 3. The van der Waals surface area contributed by atoms with Crippen LogP contribution in [0.5, 0.6) is 0 Å². The van der Waals surface area contributed by atoms with Crippen LogP contribution in [0.15, 0.2) is 57.9 Å². The van der Waals surface area contributed by atoms with Gasteiger partial charge in [0.15, 0.2) is 0 Å². The summed E-state index contributed by atoms with van der Waals surface area (Å²) in [4.78, 5) is 14.6. The third-order valence-corrected chi connectivity index (χ3v) is 6.56. The van der Waals surface area contributed by atoms with Crippen LogP contribution in [0.3, 0.4) is 0 Å². The van der Waals surface area contributed by atoms with Crippen molar-refractivity contribution in [3.63, 3.8) is 0 Å². The van der Waals surface area contributed by atoms with E-state index in [4.69, 9.17) is 0 Å². The molecule has 7 heteroatoms. The number of nitrogens with one attached hydrogen (secondary N) is 1. The number of rotatable bonds is 4. The Kier molecular flexibility index (Phi) is 5.79.